The van der Waals surface area contributed by atoms with E-state index in [9.17, 15) is 4.39 Å². The number of nitrogens with zero attached hydrogens (tertiary/aromatic N) is 2. The van der Waals surface area contributed by atoms with Crippen LogP contribution in [0.3, 0.4) is 0 Å². The highest BCUT2D eigenvalue weighted by Gasteiger charge is 2.12. The van der Waals surface area contributed by atoms with E-state index in [4.69, 9.17) is 5.73 Å². The molecule has 0 aliphatic heterocycles. The number of rotatable bonds is 3. The van der Waals surface area contributed by atoms with Crippen LogP contribution < -0.4 is 5.73 Å². The number of aryl methyl sites for hydroxylation is 3. The van der Waals surface area contributed by atoms with E-state index in [1.54, 1.807) is 13.0 Å². The molecule has 0 spiro atoms. The van der Waals surface area contributed by atoms with Crippen molar-refractivity contribution in [3.63, 3.8) is 0 Å². The Bertz CT molecular complexity index is 560. The van der Waals surface area contributed by atoms with Crippen molar-refractivity contribution in [2.45, 2.75) is 26.3 Å². The fraction of sp³-hybridized carbons (Fsp3) is 0.357. The molecule has 0 saturated carbocycles. The number of halogens is 1. The van der Waals surface area contributed by atoms with Crippen LogP contribution in [0.25, 0.3) is 0 Å². The molecule has 3 nitrogen and oxygen atoms in total. The van der Waals surface area contributed by atoms with Gasteiger partial charge in [0.15, 0.2) is 0 Å². The maximum atomic E-state index is 13.5. The Kier molecular flexibility index (Phi) is 3.48. The van der Waals surface area contributed by atoms with Crippen molar-refractivity contribution in [2.24, 2.45) is 12.8 Å². The molecule has 2 aromatic rings. The number of hydrogen-bond donors (Lipinski definition) is 1. The lowest BCUT2D eigenvalue weighted by Gasteiger charge is -2.12. The second-order valence-corrected chi connectivity index (χ2v) is 4.72. The Labute approximate surface area is 106 Å². The molecule has 0 bridgehead atoms. The molecular formula is C14H18FN3. The summed E-state index contributed by atoms with van der Waals surface area (Å²) < 4.78 is 15.3. The monoisotopic (exact) mass is 247 g/mol. The van der Waals surface area contributed by atoms with Crippen molar-refractivity contribution in [1.29, 1.82) is 0 Å². The average molecular weight is 247 g/mol. The van der Waals surface area contributed by atoms with Crippen LogP contribution in [0, 0.1) is 19.7 Å². The first-order chi connectivity index (χ1) is 8.47. The molecule has 1 aromatic carbocycles. The Morgan fingerprint density at radius 2 is 2.06 bits per heavy atom. The van der Waals surface area contributed by atoms with Gasteiger partial charge in [0.2, 0.25) is 0 Å². The molecule has 1 aromatic heterocycles. The van der Waals surface area contributed by atoms with Gasteiger partial charge < -0.3 is 5.73 Å². The summed E-state index contributed by atoms with van der Waals surface area (Å²) in [6, 6.07) is 6.95. The summed E-state index contributed by atoms with van der Waals surface area (Å²) in [4.78, 5) is 0. The predicted octanol–water partition coefficient (Wildman–Crippen LogP) is 2.42. The maximum absolute atomic E-state index is 13.5. The first kappa shape index (κ1) is 12.8. The summed E-state index contributed by atoms with van der Waals surface area (Å²) >= 11 is 0. The highest BCUT2D eigenvalue weighted by molar-refractivity contribution is 5.26. The van der Waals surface area contributed by atoms with Crippen molar-refractivity contribution in [3.05, 3.63) is 52.6 Å². The first-order valence-corrected chi connectivity index (χ1v) is 5.98. The first-order valence-electron chi connectivity index (χ1n) is 5.98. The zero-order valence-electron chi connectivity index (χ0n) is 10.9. The summed E-state index contributed by atoms with van der Waals surface area (Å²) in [6.07, 6.45) is 0.653. The molecule has 0 saturated heterocycles. The van der Waals surface area contributed by atoms with Gasteiger partial charge in [-0.1, -0.05) is 12.1 Å². The number of hydrogen-bond acceptors (Lipinski definition) is 2. The molecule has 1 atom stereocenters. The second-order valence-electron chi connectivity index (χ2n) is 4.72. The Morgan fingerprint density at radius 1 is 1.33 bits per heavy atom. The van der Waals surface area contributed by atoms with Crippen molar-refractivity contribution in [3.8, 4) is 0 Å². The highest BCUT2D eigenvalue weighted by Crippen LogP contribution is 2.19. The van der Waals surface area contributed by atoms with E-state index in [2.05, 4.69) is 5.10 Å². The van der Waals surface area contributed by atoms with Crippen LogP contribution in [-0.2, 0) is 13.5 Å². The predicted molar refractivity (Wildman–Crippen MR) is 69.7 cm³/mol. The van der Waals surface area contributed by atoms with Gasteiger partial charge in [0.05, 0.1) is 5.69 Å². The molecule has 1 heterocycles. The van der Waals surface area contributed by atoms with Gasteiger partial charge in [-0.25, -0.2) is 4.39 Å². The van der Waals surface area contributed by atoms with Gasteiger partial charge >= 0.3 is 0 Å². The lowest BCUT2D eigenvalue weighted by atomic mass is 10.0. The van der Waals surface area contributed by atoms with Gasteiger partial charge in [0.25, 0.3) is 0 Å². The van der Waals surface area contributed by atoms with Crippen molar-refractivity contribution in [2.75, 3.05) is 0 Å². The molecule has 0 aliphatic rings. The number of aromatic nitrogens is 2. The average Bonchev–Trinajstić information content (AvgIpc) is 2.61. The Balaban J connectivity index is 2.19. The van der Waals surface area contributed by atoms with Crippen molar-refractivity contribution in [1.82, 2.24) is 9.78 Å². The summed E-state index contributed by atoms with van der Waals surface area (Å²) in [5.41, 5.74) is 9.60. The number of nitrogens with two attached hydrogens (primary N) is 1. The van der Waals surface area contributed by atoms with Gasteiger partial charge in [-0.05, 0) is 37.1 Å². The van der Waals surface area contributed by atoms with Crippen molar-refractivity contribution < 1.29 is 4.39 Å². The van der Waals surface area contributed by atoms with E-state index in [0.717, 1.165) is 17.0 Å². The summed E-state index contributed by atoms with van der Waals surface area (Å²) in [5, 5.41) is 4.28. The van der Waals surface area contributed by atoms with E-state index >= 15 is 0 Å². The van der Waals surface area contributed by atoms with E-state index in [-0.39, 0.29) is 11.9 Å². The van der Waals surface area contributed by atoms with Gasteiger partial charge in [-0.2, -0.15) is 5.10 Å². The third-order valence-corrected chi connectivity index (χ3v) is 3.15. The quantitative estimate of drug-likeness (QED) is 0.905. The lowest BCUT2D eigenvalue weighted by Crippen LogP contribution is -2.15. The van der Waals surface area contributed by atoms with E-state index in [1.807, 2.05) is 30.8 Å². The molecule has 0 radical (unpaired) electrons. The van der Waals surface area contributed by atoms with Gasteiger partial charge in [0.1, 0.15) is 5.82 Å². The lowest BCUT2D eigenvalue weighted by molar-refractivity contribution is 0.603. The van der Waals surface area contributed by atoms with E-state index in [1.165, 1.54) is 6.07 Å². The molecule has 0 fully saturated rings. The zero-order valence-corrected chi connectivity index (χ0v) is 10.9. The Morgan fingerprint density at radius 3 is 2.61 bits per heavy atom. The third kappa shape index (κ3) is 2.59. The van der Waals surface area contributed by atoms with Crippen molar-refractivity contribution >= 4 is 0 Å². The SMILES string of the molecule is Cc1cc(CC(N)c2ccc(C)c(F)c2)n(C)n1. The molecule has 4 heteroatoms. The van der Waals surface area contributed by atoms with Crippen LogP contribution in [-0.4, -0.2) is 9.78 Å². The smallest absolute Gasteiger partial charge is 0.126 e. The molecule has 2 rings (SSSR count). The molecule has 0 amide bonds. The minimum Gasteiger partial charge on any atom is -0.324 e. The topological polar surface area (TPSA) is 43.8 Å². The van der Waals surface area contributed by atoms with E-state index in [0.29, 0.717) is 12.0 Å². The zero-order chi connectivity index (χ0) is 13.3. The second kappa shape index (κ2) is 4.90. The summed E-state index contributed by atoms with van der Waals surface area (Å²) in [6.45, 7) is 3.69. The molecule has 96 valence electrons. The largest absolute Gasteiger partial charge is 0.324 e. The van der Waals surface area contributed by atoms with Crippen LogP contribution in [0.1, 0.15) is 28.6 Å². The highest BCUT2D eigenvalue weighted by atomic mass is 19.1. The number of benzene rings is 1. The van der Waals surface area contributed by atoms with Crippen LogP contribution in [0.4, 0.5) is 4.39 Å². The van der Waals surface area contributed by atoms with Gasteiger partial charge in [0, 0.05) is 25.2 Å². The Hall–Kier alpha value is -1.68. The molecular weight excluding hydrogens is 229 g/mol. The summed E-state index contributed by atoms with van der Waals surface area (Å²) in [5.74, 6) is -0.205. The molecule has 0 aliphatic carbocycles. The van der Waals surface area contributed by atoms with Crippen LogP contribution in [0.5, 0.6) is 0 Å². The molecule has 18 heavy (non-hydrogen) atoms. The maximum Gasteiger partial charge on any atom is 0.126 e. The van der Waals surface area contributed by atoms with Crippen LogP contribution in [0.15, 0.2) is 24.3 Å². The van der Waals surface area contributed by atoms with E-state index < -0.39 is 0 Å². The van der Waals surface area contributed by atoms with Gasteiger partial charge in [-0.15, -0.1) is 0 Å². The molecule has 1 unspecified atom stereocenters. The summed E-state index contributed by atoms with van der Waals surface area (Å²) in [7, 11) is 1.89. The minimum atomic E-state index is -0.213. The molecule has 2 N–H and O–H groups in total. The third-order valence-electron chi connectivity index (χ3n) is 3.15. The van der Waals surface area contributed by atoms with Crippen LogP contribution >= 0.6 is 0 Å². The van der Waals surface area contributed by atoms with Crippen LogP contribution in [0.2, 0.25) is 0 Å². The fourth-order valence-electron chi connectivity index (χ4n) is 2.04. The fourth-order valence-corrected chi connectivity index (χ4v) is 2.04. The normalized spacial score (nSPS) is 12.7. The minimum absolute atomic E-state index is 0.205. The van der Waals surface area contributed by atoms with Gasteiger partial charge in [-0.3, -0.25) is 4.68 Å². The standard InChI is InChI=1S/C14H18FN3/c1-9-4-5-11(7-13(9)15)14(16)8-12-6-10(2)17-18(12)3/h4-7,14H,8,16H2,1-3H3.